The highest BCUT2D eigenvalue weighted by Gasteiger charge is 2.12. The van der Waals surface area contributed by atoms with E-state index in [0.717, 1.165) is 48.6 Å². The minimum atomic E-state index is 0.446. The van der Waals surface area contributed by atoms with Gasteiger partial charge < -0.3 is 4.74 Å². The number of H-pyrrole nitrogens is 1. The molecule has 1 aliphatic heterocycles. The van der Waals surface area contributed by atoms with E-state index in [0.29, 0.717) is 17.3 Å². The highest BCUT2D eigenvalue weighted by atomic mass is 16.5. The van der Waals surface area contributed by atoms with Crippen LogP contribution < -0.4 is 4.74 Å². The van der Waals surface area contributed by atoms with Crippen molar-refractivity contribution in [3.8, 4) is 5.88 Å². The summed E-state index contributed by atoms with van der Waals surface area (Å²) in [5.41, 5.74) is 4.24. The van der Waals surface area contributed by atoms with E-state index < -0.39 is 0 Å². The summed E-state index contributed by atoms with van der Waals surface area (Å²) in [7, 11) is 0. The number of ether oxygens (including phenoxy) is 1. The van der Waals surface area contributed by atoms with Crippen LogP contribution in [0.1, 0.15) is 38.5 Å². The van der Waals surface area contributed by atoms with E-state index in [1.807, 2.05) is 26.0 Å². The van der Waals surface area contributed by atoms with Crippen LogP contribution in [0.2, 0.25) is 0 Å². The highest BCUT2D eigenvalue weighted by Crippen LogP contribution is 2.21. The van der Waals surface area contributed by atoms with Crippen LogP contribution in [0.5, 0.6) is 5.88 Å². The molecule has 0 atom stereocenters. The van der Waals surface area contributed by atoms with Crippen LogP contribution in [0.15, 0.2) is 18.2 Å². The number of aromatic nitrogens is 4. The molecule has 0 aliphatic carbocycles. The van der Waals surface area contributed by atoms with Gasteiger partial charge in [-0.3, -0.25) is 14.7 Å². The molecular formula is C17H18N4O3. The summed E-state index contributed by atoms with van der Waals surface area (Å²) in [5, 5.41) is 11.7. The summed E-state index contributed by atoms with van der Waals surface area (Å²) in [5.74, 6) is 0.707. The zero-order chi connectivity index (χ0) is 17.1. The molecule has 0 radical (unpaired) electrons. The number of hydrogen-bond donors (Lipinski definition) is 1. The first-order valence-electron chi connectivity index (χ1n) is 7.69. The van der Waals surface area contributed by atoms with Crippen LogP contribution >= 0.6 is 0 Å². The maximum Gasteiger partial charge on any atom is 0.212 e. The van der Waals surface area contributed by atoms with Crippen molar-refractivity contribution in [2.45, 2.75) is 26.8 Å². The molecule has 0 unspecified atom stereocenters. The van der Waals surface area contributed by atoms with E-state index in [1.165, 1.54) is 5.56 Å². The van der Waals surface area contributed by atoms with Crippen molar-refractivity contribution >= 4 is 23.5 Å². The minimum Gasteiger partial charge on any atom is -0.478 e. The number of nitrogens with zero attached hydrogens (tertiary/aromatic N) is 3. The lowest BCUT2D eigenvalue weighted by molar-refractivity contribution is 0.111. The van der Waals surface area contributed by atoms with Crippen molar-refractivity contribution in [2.24, 2.45) is 0 Å². The summed E-state index contributed by atoms with van der Waals surface area (Å²) in [6, 6.07) is 5.58. The molecule has 2 aromatic heterocycles. The van der Waals surface area contributed by atoms with E-state index in [4.69, 9.17) is 4.74 Å². The number of aryl methyl sites for hydroxylation is 3. The number of benzene rings is 1. The fourth-order valence-electron chi connectivity index (χ4n) is 2.58. The van der Waals surface area contributed by atoms with Gasteiger partial charge in [-0.05, 0) is 25.0 Å². The zero-order valence-electron chi connectivity index (χ0n) is 13.6. The van der Waals surface area contributed by atoms with E-state index in [-0.39, 0.29) is 0 Å². The fraction of sp³-hybridized carbons (Fsp3) is 0.294. The topological polar surface area (TPSA) is 89.9 Å². The van der Waals surface area contributed by atoms with Crippen LogP contribution in [0.4, 0.5) is 0 Å². The van der Waals surface area contributed by atoms with Gasteiger partial charge in [0.05, 0.1) is 12.1 Å². The highest BCUT2D eigenvalue weighted by molar-refractivity contribution is 5.96. The smallest absolute Gasteiger partial charge is 0.212 e. The maximum absolute atomic E-state index is 10.6. The number of aldehydes is 2. The van der Waals surface area contributed by atoms with Gasteiger partial charge in [0.2, 0.25) is 5.88 Å². The molecule has 0 saturated carbocycles. The Bertz CT molecular complexity index is 871. The summed E-state index contributed by atoms with van der Waals surface area (Å²) >= 11 is 0. The van der Waals surface area contributed by atoms with E-state index >= 15 is 0 Å². The van der Waals surface area contributed by atoms with Gasteiger partial charge in [-0.2, -0.15) is 10.2 Å². The molecule has 3 heterocycles. The second kappa shape index (κ2) is 6.66. The standard InChI is InChI=1S/C10H10N2O.C7H8N2O2/c1-6-3-4-8-9(5-13)11-12-10(8)7(6)2;10-5-6-4-7-9(8-6)2-1-3-11-7/h3-5H,1-2H3,(H,11,12);4-5H,1-3H2. The summed E-state index contributed by atoms with van der Waals surface area (Å²) in [6.07, 6.45) is 2.47. The largest absolute Gasteiger partial charge is 0.478 e. The van der Waals surface area contributed by atoms with Gasteiger partial charge in [0, 0.05) is 24.4 Å². The SMILES string of the molecule is Cc1ccc2c(C=O)n[nH]c2c1C.O=Cc1cc2n(n1)CCCO2. The predicted octanol–water partition coefficient (Wildman–Crippen LogP) is 2.47. The average molecular weight is 326 g/mol. The van der Waals surface area contributed by atoms with Crippen molar-refractivity contribution in [3.05, 3.63) is 40.7 Å². The van der Waals surface area contributed by atoms with Crippen molar-refractivity contribution in [1.82, 2.24) is 20.0 Å². The number of rotatable bonds is 2. The summed E-state index contributed by atoms with van der Waals surface area (Å²) in [6.45, 7) is 5.63. The number of fused-ring (bicyclic) bond motifs is 2. The quantitative estimate of drug-likeness (QED) is 0.731. The Morgan fingerprint density at radius 1 is 1.25 bits per heavy atom. The molecule has 7 nitrogen and oxygen atoms in total. The van der Waals surface area contributed by atoms with Crippen molar-refractivity contribution in [2.75, 3.05) is 6.61 Å². The van der Waals surface area contributed by atoms with Gasteiger partial charge in [-0.1, -0.05) is 12.1 Å². The molecule has 0 amide bonds. The van der Waals surface area contributed by atoms with Gasteiger partial charge in [-0.15, -0.1) is 0 Å². The van der Waals surface area contributed by atoms with Crippen LogP contribution in [-0.4, -0.2) is 39.2 Å². The molecule has 4 rings (SSSR count). The number of carbonyl (C=O) groups is 2. The molecule has 0 spiro atoms. The van der Waals surface area contributed by atoms with Crippen LogP contribution in [0.25, 0.3) is 10.9 Å². The molecule has 124 valence electrons. The summed E-state index contributed by atoms with van der Waals surface area (Å²) < 4.78 is 6.96. The lowest BCUT2D eigenvalue weighted by Gasteiger charge is -2.13. The van der Waals surface area contributed by atoms with Crippen molar-refractivity contribution in [1.29, 1.82) is 0 Å². The molecule has 3 aromatic rings. The Balaban J connectivity index is 0.000000143. The predicted molar refractivity (Wildman–Crippen MR) is 88.7 cm³/mol. The van der Waals surface area contributed by atoms with Gasteiger partial charge >= 0.3 is 0 Å². The second-order valence-corrected chi connectivity index (χ2v) is 5.61. The Labute approximate surface area is 138 Å². The van der Waals surface area contributed by atoms with Gasteiger partial charge in [-0.25, -0.2) is 4.68 Å². The molecule has 7 heteroatoms. The van der Waals surface area contributed by atoms with Crippen molar-refractivity contribution in [3.63, 3.8) is 0 Å². The first-order chi connectivity index (χ1) is 11.6. The van der Waals surface area contributed by atoms with Gasteiger partial charge in [0.25, 0.3) is 0 Å². The Morgan fingerprint density at radius 3 is 2.79 bits per heavy atom. The third kappa shape index (κ3) is 2.92. The van der Waals surface area contributed by atoms with Crippen LogP contribution in [0.3, 0.4) is 0 Å². The van der Waals surface area contributed by atoms with Crippen molar-refractivity contribution < 1.29 is 14.3 Å². The molecule has 1 N–H and O–H groups in total. The third-order valence-electron chi connectivity index (χ3n) is 4.06. The third-order valence-corrected chi connectivity index (χ3v) is 4.06. The number of aromatic amines is 1. The number of carbonyl (C=O) groups excluding carboxylic acids is 2. The molecule has 0 fully saturated rings. The Kier molecular flexibility index (Phi) is 4.41. The molecule has 1 aliphatic rings. The fourth-order valence-corrected chi connectivity index (χ4v) is 2.58. The number of hydrogen-bond acceptors (Lipinski definition) is 5. The minimum absolute atomic E-state index is 0.446. The molecule has 24 heavy (non-hydrogen) atoms. The molecular weight excluding hydrogens is 308 g/mol. The van der Waals surface area contributed by atoms with E-state index in [9.17, 15) is 9.59 Å². The molecule has 0 saturated heterocycles. The molecule has 0 bridgehead atoms. The average Bonchev–Trinajstić information content (AvgIpc) is 3.22. The number of nitrogens with one attached hydrogen (secondary N) is 1. The first kappa shape index (κ1) is 15.9. The zero-order valence-corrected chi connectivity index (χ0v) is 13.6. The Hall–Kier alpha value is -2.96. The second-order valence-electron chi connectivity index (χ2n) is 5.61. The summed E-state index contributed by atoms with van der Waals surface area (Å²) in [4.78, 5) is 20.9. The molecule has 1 aromatic carbocycles. The monoisotopic (exact) mass is 326 g/mol. The van der Waals surface area contributed by atoms with Crippen LogP contribution in [-0.2, 0) is 6.54 Å². The lowest BCUT2D eigenvalue weighted by atomic mass is 10.1. The lowest BCUT2D eigenvalue weighted by Crippen LogP contribution is -2.14. The maximum atomic E-state index is 10.6. The Morgan fingerprint density at radius 2 is 2.08 bits per heavy atom. The first-order valence-corrected chi connectivity index (χ1v) is 7.69. The van der Waals surface area contributed by atoms with Gasteiger partial charge in [0.15, 0.2) is 12.6 Å². The van der Waals surface area contributed by atoms with E-state index in [2.05, 4.69) is 15.3 Å². The van der Waals surface area contributed by atoms with Crippen LogP contribution in [0, 0.1) is 13.8 Å². The van der Waals surface area contributed by atoms with Gasteiger partial charge in [0.1, 0.15) is 11.4 Å². The normalized spacial score (nSPS) is 12.8. The van der Waals surface area contributed by atoms with E-state index in [1.54, 1.807) is 10.7 Å².